The van der Waals surface area contributed by atoms with Crippen LogP contribution in [-0.4, -0.2) is 90.0 Å². The number of hydrogen-bond donors (Lipinski definition) is 9. The topological polar surface area (TPSA) is 307 Å². The number of nitrogens with two attached hydrogens (primary N) is 1. The number of rotatable bonds is 18. The van der Waals surface area contributed by atoms with Crippen molar-refractivity contribution in [3.8, 4) is 5.75 Å². The minimum atomic E-state index is -4.96. The number of phenols is 1. The number of nitrogens with zero attached hydrogens (tertiary/aromatic N) is 4. The van der Waals surface area contributed by atoms with Crippen LogP contribution in [0.1, 0.15) is 0 Å². The van der Waals surface area contributed by atoms with Crippen LogP contribution in [0.3, 0.4) is 0 Å². The maximum atomic E-state index is 12.5. The van der Waals surface area contributed by atoms with E-state index < -0.39 is 51.6 Å². The summed E-state index contributed by atoms with van der Waals surface area (Å²) in [5.74, 6) is -0.619. The number of phenolic OH excluding ortho intramolecular Hbond substituents is 1. The van der Waals surface area contributed by atoms with Crippen LogP contribution in [-0.2, 0) is 30.4 Å². The molecule has 0 bridgehead atoms. The van der Waals surface area contributed by atoms with Gasteiger partial charge in [-0.1, -0.05) is 12.1 Å². The first kappa shape index (κ1) is 41.2. The van der Waals surface area contributed by atoms with E-state index in [2.05, 4.69) is 41.7 Å². The van der Waals surface area contributed by atoms with E-state index in [4.69, 9.17) is 5.73 Å². The van der Waals surface area contributed by atoms with Crippen LogP contribution in [0.25, 0.3) is 21.5 Å². The summed E-state index contributed by atoms with van der Waals surface area (Å²) in [6.45, 7) is 4.64. The zero-order valence-corrected chi connectivity index (χ0v) is 31.2. The maximum Gasteiger partial charge on any atom is 0.296 e. The summed E-state index contributed by atoms with van der Waals surface area (Å²) in [5.41, 5.74) is 5.73. The Morgan fingerprint density at radius 3 is 1.80 bits per heavy atom. The molecule has 0 spiro atoms. The molecule has 0 radical (unpaired) electrons. The highest BCUT2D eigenvalue weighted by Crippen LogP contribution is 2.43. The number of anilines is 1. The van der Waals surface area contributed by atoms with Gasteiger partial charge < -0.3 is 26.8 Å². The third-order valence-electron chi connectivity index (χ3n) is 7.93. The molecule has 0 saturated carbocycles. The fourth-order valence-corrected chi connectivity index (χ4v) is 6.88. The average Bonchev–Trinajstić information content (AvgIpc) is 3.13. The molecule has 0 fully saturated rings. The first-order valence-corrected chi connectivity index (χ1v) is 20.7. The van der Waals surface area contributed by atoms with Crippen LogP contribution in [0.2, 0.25) is 0 Å². The molecular weight excluding hydrogens is 779 g/mol. The van der Waals surface area contributed by atoms with E-state index in [0.717, 1.165) is 50.0 Å². The molecule has 22 heteroatoms. The standard InChI is InChI=1S/C33H37N9O10S3/c34-11-12-35-13-14-36-15-16-37-20-38-23-2-1-21-17-31(55(50,51)52)32(33(43)27(21)18-23)42-41-30-10-9-29(26-8-7-25(19-28(26)30)54(47,48)49)40-39-22-3-5-24(6-4-22)53(44,45)46/h1-10,17-19,35-38,43H,11-16,20,34H2,(H,44,45,46)(H,47,48,49)(H,50,51,52). The fourth-order valence-electron chi connectivity index (χ4n) is 5.23. The van der Waals surface area contributed by atoms with Crippen molar-refractivity contribution in [2.45, 2.75) is 14.7 Å². The van der Waals surface area contributed by atoms with Gasteiger partial charge in [0.25, 0.3) is 30.4 Å². The van der Waals surface area contributed by atoms with Crippen molar-refractivity contribution in [1.29, 1.82) is 0 Å². The van der Waals surface area contributed by atoms with Gasteiger partial charge in [-0.3, -0.25) is 19.0 Å². The molecule has 5 aromatic rings. The van der Waals surface area contributed by atoms with E-state index in [1.807, 2.05) is 0 Å². The largest absolute Gasteiger partial charge is 0.505 e. The molecule has 0 aromatic heterocycles. The van der Waals surface area contributed by atoms with Gasteiger partial charge in [-0.05, 0) is 72.1 Å². The molecule has 292 valence electrons. The Labute approximate surface area is 316 Å². The molecule has 0 amide bonds. The first-order chi connectivity index (χ1) is 26.1. The summed E-state index contributed by atoms with van der Waals surface area (Å²) < 4.78 is 101. The minimum Gasteiger partial charge on any atom is -0.505 e. The van der Waals surface area contributed by atoms with Crippen molar-refractivity contribution >= 4 is 80.3 Å². The highest BCUT2D eigenvalue weighted by molar-refractivity contribution is 7.86. The second kappa shape index (κ2) is 17.6. The third-order valence-corrected chi connectivity index (χ3v) is 10.5. The van der Waals surface area contributed by atoms with E-state index in [9.17, 15) is 44.0 Å². The van der Waals surface area contributed by atoms with Gasteiger partial charge in [0.2, 0.25) is 0 Å². The highest BCUT2D eigenvalue weighted by atomic mass is 32.2. The lowest BCUT2D eigenvalue weighted by molar-refractivity contribution is 0.472. The minimum absolute atomic E-state index is 0.0551. The second-order valence-corrected chi connectivity index (χ2v) is 16.0. The van der Waals surface area contributed by atoms with Crippen molar-refractivity contribution in [2.75, 3.05) is 51.3 Å². The highest BCUT2D eigenvalue weighted by Gasteiger charge is 2.23. The van der Waals surface area contributed by atoms with Crippen LogP contribution in [0.4, 0.5) is 28.4 Å². The molecule has 0 aliphatic heterocycles. The predicted molar refractivity (Wildman–Crippen MR) is 205 cm³/mol. The quantitative estimate of drug-likeness (QED) is 0.0257. The van der Waals surface area contributed by atoms with E-state index in [1.54, 1.807) is 18.2 Å². The van der Waals surface area contributed by atoms with Crippen LogP contribution in [0.15, 0.2) is 114 Å². The molecular formula is C33H37N9O10S3. The van der Waals surface area contributed by atoms with Crippen LogP contribution in [0.5, 0.6) is 5.75 Å². The summed E-state index contributed by atoms with van der Waals surface area (Å²) in [7, 11) is -14.1. The third kappa shape index (κ3) is 10.8. The molecule has 19 nitrogen and oxygen atoms in total. The molecule has 0 atom stereocenters. The SMILES string of the molecule is NCCNCCNCCNCNc1ccc2cc(S(=O)(=O)O)c(N=Nc3ccc(N=Nc4ccc(S(=O)(=O)O)cc4)c4ccc(S(=O)(=O)O)cc34)c(O)c2c1. The molecule has 0 heterocycles. The number of azo groups is 2. The van der Waals surface area contributed by atoms with Crippen molar-refractivity contribution < 1.29 is 44.0 Å². The van der Waals surface area contributed by atoms with Gasteiger partial charge in [0.05, 0.1) is 33.5 Å². The molecule has 0 unspecified atom stereocenters. The number of hydrogen-bond acceptors (Lipinski definition) is 16. The van der Waals surface area contributed by atoms with Gasteiger partial charge in [-0.25, -0.2) is 0 Å². The number of benzene rings is 5. The monoisotopic (exact) mass is 815 g/mol. The Morgan fingerprint density at radius 2 is 1.16 bits per heavy atom. The van der Waals surface area contributed by atoms with Gasteiger partial charge in [0, 0.05) is 61.1 Å². The van der Waals surface area contributed by atoms with Gasteiger partial charge in [-0.2, -0.15) is 30.4 Å². The number of aromatic hydroxyl groups is 1. The molecule has 10 N–H and O–H groups in total. The maximum absolute atomic E-state index is 12.5. The van der Waals surface area contributed by atoms with Crippen molar-refractivity contribution in [1.82, 2.24) is 16.0 Å². The molecule has 0 saturated heterocycles. The lowest BCUT2D eigenvalue weighted by Gasteiger charge is -2.12. The Morgan fingerprint density at radius 1 is 0.564 bits per heavy atom. The van der Waals surface area contributed by atoms with Crippen LogP contribution < -0.4 is 27.0 Å². The Bertz CT molecular complexity index is 2590. The summed E-state index contributed by atoms with van der Waals surface area (Å²) in [5, 5.41) is 41.2. The van der Waals surface area contributed by atoms with Crippen LogP contribution >= 0.6 is 0 Å². The Kier molecular flexibility index (Phi) is 13.2. The summed E-state index contributed by atoms with van der Waals surface area (Å²) in [6.07, 6.45) is 0. The van der Waals surface area contributed by atoms with Gasteiger partial charge in [0.15, 0.2) is 5.75 Å². The molecule has 55 heavy (non-hydrogen) atoms. The zero-order valence-electron chi connectivity index (χ0n) is 28.8. The van der Waals surface area contributed by atoms with E-state index in [1.165, 1.54) is 30.3 Å². The number of fused-ring (bicyclic) bond motifs is 2. The summed E-state index contributed by atoms with van der Waals surface area (Å²) >= 11 is 0. The molecule has 5 rings (SSSR count). The second-order valence-electron chi connectivity index (χ2n) is 11.8. The zero-order chi connectivity index (χ0) is 39.8. The predicted octanol–water partition coefficient (Wildman–Crippen LogP) is 4.37. The van der Waals surface area contributed by atoms with Crippen molar-refractivity contribution in [3.63, 3.8) is 0 Å². The number of nitrogens with one attached hydrogen (secondary N) is 4. The summed E-state index contributed by atoms with van der Waals surface area (Å²) in [6, 6.07) is 17.0. The lowest BCUT2D eigenvalue weighted by Crippen LogP contribution is -2.35. The molecule has 5 aromatic carbocycles. The van der Waals surface area contributed by atoms with Crippen molar-refractivity contribution in [3.05, 3.63) is 78.9 Å². The lowest BCUT2D eigenvalue weighted by atomic mass is 10.1. The summed E-state index contributed by atoms with van der Waals surface area (Å²) in [4.78, 5) is -1.62. The molecule has 0 aliphatic rings. The van der Waals surface area contributed by atoms with E-state index in [-0.39, 0.29) is 43.5 Å². The van der Waals surface area contributed by atoms with E-state index >= 15 is 0 Å². The van der Waals surface area contributed by atoms with Gasteiger partial charge in [0.1, 0.15) is 10.6 Å². The van der Waals surface area contributed by atoms with E-state index in [0.29, 0.717) is 32.0 Å². The Hall–Kier alpha value is -5.01. The smallest absolute Gasteiger partial charge is 0.296 e. The van der Waals surface area contributed by atoms with Crippen LogP contribution in [0, 0.1) is 0 Å². The fraction of sp³-hybridized carbons (Fsp3) is 0.212. The average molecular weight is 816 g/mol. The van der Waals surface area contributed by atoms with Gasteiger partial charge in [-0.15, -0.1) is 15.3 Å². The van der Waals surface area contributed by atoms with Gasteiger partial charge >= 0.3 is 0 Å². The Balaban J connectivity index is 1.45. The normalized spacial score (nSPS) is 12.7. The molecule has 0 aliphatic carbocycles. The van der Waals surface area contributed by atoms with Crippen molar-refractivity contribution in [2.24, 2.45) is 26.2 Å². The first-order valence-electron chi connectivity index (χ1n) is 16.3.